The van der Waals surface area contributed by atoms with Crippen LogP contribution in [0, 0.1) is 0 Å². The highest BCUT2D eigenvalue weighted by Crippen LogP contribution is 2.23. The molecule has 0 aromatic carbocycles. The number of carboxylic acid groups (broad SMARTS) is 1. The van der Waals surface area contributed by atoms with E-state index in [1.54, 1.807) is 0 Å². The number of carbonyl (C=O) groups is 1. The smallest absolute Gasteiger partial charge is 0.309 e. The SMILES string of the molecule is C=CC[N+](CC=C)(CC=C)CC(CC(=O)O)[N+](CC=C)(CC=C)CC=C. The van der Waals surface area contributed by atoms with Crippen LogP contribution in [0.4, 0.5) is 0 Å². The summed E-state index contributed by atoms with van der Waals surface area (Å²) in [5.74, 6) is -0.802. The van der Waals surface area contributed by atoms with Crippen molar-refractivity contribution in [3.63, 3.8) is 0 Å². The minimum absolute atomic E-state index is 0.0704. The maximum Gasteiger partial charge on any atom is 0.309 e. The van der Waals surface area contributed by atoms with Gasteiger partial charge in [-0.3, -0.25) is 4.79 Å². The Bertz CT molecular complexity index is 469. The molecule has 1 N–H and O–H groups in total. The summed E-state index contributed by atoms with van der Waals surface area (Å²) in [7, 11) is 0. The van der Waals surface area contributed by atoms with Crippen molar-refractivity contribution in [2.45, 2.75) is 12.5 Å². The van der Waals surface area contributed by atoms with Gasteiger partial charge in [0.2, 0.25) is 0 Å². The van der Waals surface area contributed by atoms with Gasteiger partial charge in [-0.05, 0) is 36.5 Å². The van der Waals surface area contributed by atoms with Gasteiger partial charge in [-0.15, -0.1) is 0 Å². The molecule has 0 saturated carbocycles. The predicted molar refractivity (Wildman–Crippen MR) is 112 cm³/mol. The second kappa shape index (κ2) is 12.2. The summed E-state index contributed by atoms with van der Waals surface area (Å²) in [5.41, 5.74) is 0. The standard InChI is InChI=1S/C22H35N2O2/c1-7-13-23(14-8-2,15-9-3)20-21(19-22(25)26)24(16-10-4,17-11-5)18-12-6/h7-12,21H,1-6,13-20H2/q+1/p+1. The van der Waals surface area contributed by atoms with Gasteiger partial charge in [0.1, 0.15) is 19.0 Å². The molecule has 4 nitrogen and oxygen atoms in total. The first-order chi connectivity index (χ1) is 12.4. The van der Waals surface area contributed by atoms with E-state index in [0.717, 1.165) is 19.6 Å². The van der Waals surface area contributed by atoms with E-state index in [2.05, 4.69) is 39.5 Å². The molecule has 1 atom stereocenters. The van der Waals surface area contributed by atoms with E-state index in [-0.39, 0.29) is 12.5 Å². The Kier molecular flexibility index (Phi) is 11.2. The lowest BCUT2D eigenvalue weighted by Crippen LogP contribution is -2.64. The molecule has 1 unspecified atom stereocenters. The van der Waals surface area contributed by atoms with Crippen LogP contribution in [0.2, 0.25) is 0 Å². The average Bonchev–Trinajstić information content (AvgIpc) is 2.55. The Morgan fingerprint density at radius 3 is 1.35 bits per heavy atom. The second-order valence-electron chi connectivity index (χ2n) is 6.82. The zero-order valence-corrected chi connectivity index (χ0v) is 16.2. The number of hydrogen-bond acceptors (Lipinski definition) is 1. The van der Waals surface area contributed by atoms with Gasteiger partial charge in [0, 0.05) is 0 Å². The van der Waals surface area contributed by atoms with E-state index >= 15 is 0 Å². The fraction of sp³-hybridized carbons (Fsp3) is 0.409. The number of quaternary nitrogens is 2. The molecule has 0 aliphatic carbocycles. The van der Waals surface area contributed by atoms with Crippen LogP contribution in [0.5, 0.6) is 0 Å². The third-order valence-corrected chi connectivity index (χ3v) is 4.81. The van der Waals surface area contributed by atoms with Gasteiger partial charge < -0.3 is 14.1 Å². The van der Waals surface area contributed by atoms with Crippen molar-refractivity contribution in [1.29, 1.82) is 0 Å². The van der Waals surface area contributed by atoms with Crippen LogP contribution in [0.25, 0.3) is 0 Å². The minimum Gasteiger partial charge on any atom is -0.481 e. The summed E-state index contributed by atoms with van der Waals surface area (Å²) in [4.78, 5) is 11.7. The molecule has 26 heavy (non-hydrogen) atoms. The first-order valence-corrected chi connectivity index (χ1v) is 8.97. The van der Waals surface area contributed by atoms with E-state index in [0.29, 0.717) is 35.1 Å². The largest absolute Gasteiger partial charge is 0.481 e. The van der Waals surface area contributed by atoms with Gasteiger partial charge in [0.15, 0.2) is 0 Å². The highest BCUT2D eigenvalue weighted by molar-refractivity contribution is 5.67. The molecule has 0 aliphatic heterocycles. The molecular weight excluding hydrogens is 324 g/mol. The summed E-state index contributed by atoms with van der Waals surface area (Å²) < 4.78 is 1.20. The molecule has 0 radical (unpaired) electrons. The zero-order valence-electron chi connectivity index (χ0n) is 16.2. The highest BCUT2D eigenvalue weighted by atomic mass is 16.4. The lowest BCUT2D eigenvalue weighted by molar-refractivity contribution is -0.984. The molecule has 0 aliphatic rings. The van der Waals surface area contributed by atoms with E-state index < -0.39 is 5.97 Å². The molecule has 0 saturated heterocycles. The van der Waals surface area contributed by atoms with Crippen molar-refractivity contribution in [3.8, 4) is 0 Å². The number of carboxylic acids is 1. The molecule has 0 amide bonds. The lowest BCUT2D eigenvalue weighted by atomic mass is 10.0. The zero-order chi connectivity index (χ0) is 20.1. The number of hydrogen-bond donors (Lipinski definition) is 1. The molecule has 0 fully saturated rings. The van der Waals surface area contributed by atoms with Crippen LogP contribution in [-0.2, 0) is 4.79 Å². The maximum atomic E-state index is 11.7. The molecule has 4 heteroatoms. The molecular formula is C22H36N2O2+2. The first kappa shape index (κ1) is 23.8. The first-order valence-electron chi connectivity index (χ1n) is 8.97. The molecule has 0 rings (SSSR count). The summed E-state index contributed by atoms with van der Waals surface area (Å²) in [6.45, 7) is 28.2. The van der Waals surface area contributed by atoms with Gasteiger partial charge in [-0.1, -0.05) is 39.5 Å². The van der Waals surface area contributed by atoms with Crippen LogP contribution in [0.15, 0.2) is 75.9 Å². The Morgan fingerprint density at radius 1 is 0.731 bits per heavy atom. The number of rotatable bonds is 17. The van der Waals surface area contributed by atoms with Crippen LogP contribution in [0.3, 0.4) is 0 Å². The summed E-state index contributed by atoms with van der Waals surface area (Å²) in [6, 6.07) is -0.124. The molecule has 144 valence electrons. The maximum absolute atomic E-state index is 11.7. The normalized spacial score (nSPS) is 12.6. The van der Waals surface area contributed by atoms with E-state index in [4.69, 9.17) is 0 Å². The fourth-order valence-corrected chi connectivity index (χ4v) is 3.79. The number of nitrogens with zero attached hydrogens (tertiary/aromatic N) is 2. The predicted octanol–water partition coefficient (Wildman–Crippen LogP) is 3.58. The van der Waals surface area contributed by atoms with Crippen molar-refractivity contribution in [2.75, 3.05) is 45.8 Å². The van der Waals surface area contributed by atoms with E-state index in [1.165, 1.54) is 0 Å². The minimum atomic E-state index is -0.802. The molecule has 0 spiro atoms. The Balaban J connectivity index is 6.15. The Hall–Kier alpha value is -2.17. The van der Waals surface area contributed by atoms with Gasteiger partial charge in [0.25, 0.3) is 0 Å². The van der Waals surface area contributed by atoms with Crippen molar-refractivity contribution < 1.29 is 18.9 Å². The van der Waals surface area contributed by atoms with Crippen molar-refractivity contribution >= 4 is 5.97 Å². The Morgan fingerprint density at radius 2 is 1.08 bits per heavy atom. The van der Waals surface area contributed by atoms with E-state index in [9.17, 15) is 9.90 Å². The van der Waals surface area contributed by atoms with Gasteiger partial charge >= 0.3 is 5.97 Å². The van der Waals surface area contributed by atoms with Crippen molar-refractivity contribution in [1.82, 2.24) is 0 Å². The molecule has 0 heterocycles. The van der Waals surface area contributed by atoms with Crippen LogP contribution in [-0.4, -0.2) is 71.9 Å². The fourth-order valence-electron chi connectivity index (χ4n) is 3.79. The van der Waals surface area contributed by atoms with Crippen LogP contribution >= 0.6 is 0 Å². The summed E-state index contributed by atoms with van der Waals surface area (Å²) in [5, 5.41) is 9.58. The third kappa shape index (κ3) is 6.98. The quantitative estimate of drug-likeness (QED) is 0.318. The molecule has 0 aromatic rings. The molecule has 0 aromatic heterocycles. The second-order valence-corrected chi connectivity index (χ2v) is 6.82. The lowest BCUT2D eigenvalue weighted by Gasteiger charge is -2.47. The Labute approximate surface area is 159 Å². The van der Waals surface area contributed by atoms with Gasteiger partial charge in [-0.25, -0.2) is 0 Å². The summed E-state index contributed by atoms with van der Waals surface area (Å²) in [6.07, 6.45) is 11.3. The summed E-state index contributed by atoms with van der Waals surface area (Å²) >= 11 is 0. The topological polar surface area (TPSA) is 37.3 Å². The highest BCUT2D eigenvalue weighted by Gasteiger charge is 2.41. The van der Waals surface area contributed by atoms with Gasteiger partial charge in [0.05, 0.1) is 39.3 Å². The third-order valence-electron chi connectivity index (χ3n) is 4.81. The van der Waals surface area contributed by atoms with E-state index in [1.807, 2.05) is 36.5 Å². The number of aliphatic carboxylic acids is 1. The monoisotopic (exact) mass is 360 g/mol. The van der Waals surface area contributed by atoms with Crippen LogP contribution < -0.4 is 0 Å². The van der Waals surface area contributed by atoms with Crippen molar-refractivity contribution in [3.05, 3.63) is 75.9 Å². The van der Waals surface area contributed by atoms with Gasteiger partial charge in [-0.2, -0.15) is 0 Å². The van der Waals surface area contributed by atoms with Crippen molar-refractivity contribution in [2.24, 2.45) is 0 Å². The molecule has 0 bridgehead atoms. The van der Waals surface area contributed by atoms with Crippen LogP contribution in [0.1, 0.15) is 6.42 Å². The average molecular weight is 361 g/mol.